The number of carbonyl (C=O) groups excluding carboxylic acids is 1. The Bertz CT molecular complexity index is 463. The van der Waals surface area contributed by atoms with Crippen LogP contribution in [0.2, 0.25) is 0 Å². The predicted molar refractivity (Wildman–Crippen MR) is 82.0 cm³/mol. The lowest BCUT2D eigenvalue weighted by molar-refractivity contribution is 0.0976. The molecule has 0 spiro atoms. The number of benzene rings is 1. The lowest BCUT2D eigenvalue weighted by atomic mass is 10.2. The van der Waals surface area contributed by atoms with Crippen molar-refractivity contribution in [1.29, 1.82) is 0 Å². The molecule has 110 valence electrons. The summed E-state index contributed by atoms with van der Waals surface area (Å²) in [6.45, 7) is 4.45. The Morgan fingerprint density at radius 3 is 2.85 bits per heavy atom. The van der Waals surface area contributed by atoms with Crippen molar-refractivity contribution in [1.82, 2.24) is 10.6 Å². The van der Waals surface area contributed by atoms with Crippen LogP contribution >= 0.6 is 12.2 Å². The molecule has 20 heavy (non-hydrogen) atoms. The lowest BCUT2D eigenvalue weighted by Gasteiger charge is -2.12. The molecule has 0 saturated heterocycles. The standard InChI is InChI=1S/C14H20N2O3S/c1-10(2)19-12-6-3-5-11(9-12)13(18)16-14(20)15-7-4-8-17/h3,5-6,9-10,17H,4,7-8H2,1-2H3,(H2,15,16,18,20). The number of thiocarbonyl (C=S) groups is 1. The van der Waals surface area contributed by atoms with E-state index >= 15 is 0 Å². The van der Waals surface area contributed by atoms with E-state index in [1.165, 1.54) is 0 Å². The fraction of sp³-hybridized carbons (Fsp3) is 0.429. The maximum Gasteiger partial charge on any atom is 0.257 e. The second-order valence-electron chi connectivity index (χ2n) is 4.48. The topological polar surface area (TPSA) is 70.6 Å². The van der Waals surface area contributed by atoms with Gasteiger partial charge in [-0.15, -0.1) is 0 Å². The van der Waals surface area contributed by atoms with Gasteiger partial charge in [0.25, 0.3) is 5.91 Å². The maximum atomic E-state index is 12.0. The van der Waals surface area contributed by atoms with Gasteiger partial charge in [0.1, 0.15) is 5.75 Å². The molecular weight excluding hydrogens is 276 g/mol. The third-order valence-electron chi connectivity index (χ3n) is 2.32. The van der Waals surface area contributed by atoms with E-state index in [4.69, 9.17) is 22.1 Å². The number of nitrogens with one attached hydrogen (secondary N) is 2. The molecule has 1 aromatic carbocycles. The van der Waals surface area contributed by atoms with Gasteiger partial charge in [-0.05, 0) is 50.7 Å². The Labute approximate surface area is 124 Å². The van der Waals surface area contributed by atoms with Gasteiger partial charge in [-0.2, -0.15) is 0 Å². The van der Waals surface area contributed by atoms with Crippen LogP contribution in [0.3, 0.4) is 0 Å². The van der Waals surface area contributed by atoms with E-state index in [1.54, 1.807) is 24.3 Å². The van der Waals surface area contributed by atoms with Crippen LogP contribution in [0.15, 0.2) is 24.3 Å². The summed E-state index contributed by atoms with van der Waals surface area (Å²) in [6, 6.07) is 6.92. The number of rotatable bonds is 6. The fourth-order valence-corrected chi connectivity index (χ4v) is 1.68. The third-order valence-corrected chi connectivity index (χ3v) is 2.56. The molecule has 3 N–H and O–H groups in total. The molecule has 0 unspecified atom stereocenters. The number of hydrogen-bond acceptors (Lipinski definition) is 4. The fourth-order valence-electron chi connectivity index (χ4n) is 1.48. The Morgan fingerprint density at radius 2 is 2.20 bits per heavy atom. The van der Waals surface area contributed by atoms with Crippen molar-refractivity contribution in [3.05, 3.63) is 29.8 Å². The number of carbonyl (C=O) groups is 1. The van der Waals surface area contributed by atoms with Crippen molar-refractivity contribution in [3.63, 3.8) is 0 Å². The van der Waals surface area contributed by atoms with Crippen LogP contribution in [0.5, 0.6) is 5.75 Å². The summed E-state index contributed by atoms with van der Waals surface area (Å²) >= 11 is 4.99. The summed E-state index contributed by atoms with van der Waals surface area (Å²) in [5.74, 6) is 0.354. The maximum absolute atomic E-state index is 12.0. The number of amides is 1. The molecule has 0 heterocycles. The minimum Gasteiger partial charge on any atom is -0.491 e. The van der Waals surface area contributed by atoms with E-state index < -0.39 is 0 Å². The van der Waals surface area contributed by atoms with Crippen LogP contribution in [-0.4, -0.2) is 35.4 Å². The Balaban J connectivity index is 2.56. The van der Waals surface area contributed by atoms with Crippen molar-refractivity contribution in [3.8, 4) is 5.75 Å². The average Bonchev–Trinajstić information content (AvgIpc) is 2.38. The summed E-state index contributed by atoms with van der Waals surface area (Å²) in [6.07, 6.45) is 0.628. The van der Waals surface area contributed by atoms with Gasteiger partial charge in [0.2, 0.25) is 0 Å². The molecule has 0 bridgehead atoms. The Kier molecular flexibility index (Phi) is 6.97. The summed E-state index contributed by atoms with van der Waals surface area (Å²) in [7, 11) is 0. The lowest BCUT2D eigenvalue weighted by Crippen LogP contribution is -2.39. The van der Waals surface area contributed by atoms with E-state index in [-0.39, 0.29) is 23.7 Å². The molecule has 6 heteroatoms. The highest BCUT2D eigenvalue weighted by atomic mass is 32.1. The van der Waals surface area contributed by atoms with Crippen LogP contribution < -0.4 is 15.4 Å². The molecule has 0 atom stereocenters. The minimum atomic E-state index is -0.291. The van der Waals surface area contributed by atoms with E-state index in [0.717, 1.165) is 0 Å². The zero-order chi connectivity index (χ0) is 15.0. The van der Waals surface area contributed by atoms with Crippen molar-refractivity contribution in [2.24, 2.45) is 0 Å². The molecule has 5 nitrogen and oxygen atoms in total. The molecule has 0 aliphatic heterocycles. The molecule has 0 aliphatic carbocycles. The summed E-state index contributed by atoms with van der Waals surface area (Å²) < 4.78 is 5.53. The summed E-state index contributed by atoms with van der Waals surface area (Å²) in [4.78, 5) is 12.0. The van der Waals surface area contributed by atoms with Crippen molar-refractivity contribution >= 4 is 23.2 Å². The quantitative estimate of drug-likeness (QED) is 0.548. The van der Waals surface area contributed by atoms with E-state index in [9.17, 15) is 4.79 Å². The van der Waals surface area contributed by atoms with Crippen molar-refractivity contribution < 1.29 is 14.6 Å². The molecule has 0 saturated carbocycles. The van der Waals surface area contributed by atoms with E-state index in [2.05, 4.69) is 10.6 Å². The van der Waals surface area contributed by atoms with Crippen LogP contribution in [0, 0.1) is 0 Å². The van der Waals surface area contributed by atoms with Crippen molar-refractivity contribution in [2.75, 3.05) is 13.2 Å². The van der Waals surface area contributed by atoms with Gasteiger partial charge in [-0.1, -0.05) is 6.07 Å². The first-order chi connectivity index (χ1) is 9.52. The molecule has 1 rings (SSSR count). The van der Waals surface area contributed by atoms with Gasteiger partial charge < -0.3 is 15.2 Å². The van der Waals surface area contributed by atoms with Crippen LogP contribution in [-0.2, 0) is 0 Å². The van der Waals surface area contributed by atoms with E-state index in [0.29, 0.717) is 24.3 Å². The van der Waals surface area contributed by atoms with Crippen LogP contribution in [0.4, 0.5) is 0 Å². The highest BCUT2D eigenvalue weighted by Gasteiger charge is 2.09. The first-order valence-corrected chi connectivity index (χ1v) is 6.90. The monoisotopic (exact) mass is 296 g/mol. The Morgan fingerprint density at radius 1 is 1.45 bits per heavy atom. The highest BCUT2D eigenvalue weighted by molar-refractivity contribution is 7.80. The summed E-state index contributed by atoms with van der Waals surface area (Å²) in [5.41, 5.74) is 0.481. The van der Waals surface area contributed by atoms with Crippen molar-refractivity contribution in [2.45, 2.75) is 26.4 Å². The predicted octanol–water partition coefficient (Wildman–Crippen LogP) is 1.46. The van der Waals surface area contributed by atoms with Crippen LogP contribution in [0.25, 0.3) is 0 Å². The van der Waals surface area contributed by atoms with Gasteiger partial charge in [0.15, 0.2) is 5.11 Å². The molecular formula is C14H20N2O3S. The van der Waals surface area contributed by atoms with Gasteiger partial charge >= 0.3 is 0 Å². The molecule has 0 fully saturated rings. The third kappa shape index (κ3) is 5.99. The van der Waals surface area contributed by atoms with Gasteiger partial charge in [-0.25, -0.2) is 0 Å². The second kappa shape index (κ2) is 8.50. The smallest absolute Gasteiger partial charge is 0.257 e. The second-order valence-corrected chi connectivity index (χ2v) is 4.89. The molecule has 0 aromatic heterocycles. The SMILES string of the molecule is CC(C)Oc1cccc(C(=O)NC(=S)NCCCO)c1. The van der Waals surface area contributed by atoms with Gasteiger partial charge in [0.05, 0.1) is 6.10 Å². The van der Waals surface area contributed by atoms with Crippen LogP contribution in [0.1, 0.15) is 30.6 Å². The first kappa shape index (κ1) is 16.4. The first-order valence-electron chi connectivity index (χ1n) is 6.49. The molecule has 1 amide bonds. The zero-order valence-electron chi connectivity index (χ0n) is 11.7. The zero-order valence-corrected chi connectivity index (χ0v) is 12.5. The number of ether oxygens (including phenoxy) is 1. The molecule has 1 aromatic rings. The highest BCUT2D eigenvalue weighted by Crippen LogP contribution is 2.14. The van der Waals surface area contributed by atoms with Gasteiger partial charge in [0, 0.05) is 18.7 Å². The number of hydrogen-bond donors (Lipinski definition) is 3. The molecule has 0 aliphatic rings. The average molecular weight is 296 g/mol. The normalized spacial score (nSPS) is 10.2. The van der Waals surface area contributed by atoms with Gasteiger partial charge in [-0.3, -0.25) is 10.1 Å². The largest absolute Gasteiger partial charge is 0.491 e. The number of aliphatic hydroxyl groups excluding tert-OH is 1. The molecule has 0 radical (unpaired) electrons. The summed E-state index contributed by atoms with van der Waals surface area (Å²) in [5, 5.41) is 14.3. The van der Waals surface area contributed by atoms with E-state index in [1.807, 2.05) is 13.8 Å². The minimum absolute atomic E-state index is 0.0505. The Hall–Kier alpha value is -1.66. The number of aliphatic hydroxyl groups is 1.